The van der Waals surface area contributed by atoms with Gasteiger partial charge < -0.3 is 5.32 Å². The van der Waals surface area contributed by atoms with Gasteiger partial charge in [0.15, 0.2) is 0 Å². The Morgan fingerprint density at radius 1 is 0.952 bits per heavy atom. The summed E-state index contributed by atoms with van der Waals surface area (Å²) in [5.41, 5.74) is 2.01. The van der Waals surface area contributed by atoms with Crippen molar-refractivity contribution in [1.82, 2.24) is 5.32 Å². The fraction of sp³-hybridized carbons (Fsp3) is 0.294. The van der Waals surface area contributed by atoms with Crippen LogP contribution in [-0.2, 0) is 0 Å². The second-order valence-electron chi connectivity index (χ2n) is 5.09. The molecule has 4 heteroatoms. The van der Waals surface area contributed by atoms with Crippen molar-refractivity contribution in [3.8, 4) is 0 Å². The van der Waals surface area contributed by atoms with Gasteiger partial charge in [-0.15, -0.1) is 0 Å². The molecule has 2 rings (SSSR count). The maximum Gasteiger partial charge on any atom is 0.126 e. The Labute approximate surface area is 122 Å². The van der Waals surface area contributed by atoms with Crippen LogP contribution in [0, 0.1) is 24.4 Å². The van der Waals surface area contributed by atoms with Crippen LogP contribution in [0.2, 0.25) is 0 Å². The summed E-state index contributed by atoms with van der Waals surface area (Å²) in [7, 11) is 0. The first-order valence-electron chi connectivity index (χ1n) is 6.96. The Bertz CT molecular complexity index is 605. The van der Waals surface area contributed by atoms with E-state index in [0.29, 0.717) is 17.7 Å². The summed E-state index contributed by atoms with van der Waals surface area (Å²) in [4.78, 5) is 0. The van der Waals surface area contributed by atoms with Crippen molar-refractivity contribution < 1.29 is 13.2 Å². The van der Waals surface area contributed by atoms with Crippen molar-refractivity contribution in [2.75, 3.05) is 6.54 Å². The molecule has 0 saturated heterocycles. The second kappa shape index (κ2) is 6.76. The lowest BCUT2D eigenvalue weighted by Gasteiger charge is -2.22. The van der Waals surface area contributed by atoms with Gasteiger partial charge in [-0.25, -0.2) is 13.2 Å². The monoisotopic (exact) mass is 293 g/mol. The predicted molar refractivity (Wildman–Crippen MR) is 77.6 cm³/mol. The zero-order valence-electron chi connectivity index (χ0n) is 12.1. The summed E-state index contributed by atoms with van der Waals surface area (Å²) in [6, 6.07) is 7.40. The molecule has 2 aromatic rings. The number of benzene rings is 2. The second-order valence-corrected chi connectivity index (χ2v) is 5.09. The number of rotatable bonds is 5. The molecule has 0 amide bonds. The van der Waals surface area contributed by atoms with E-state index in [0.717, 1.165) is 18.1 Å². The Balaban J connectivity index is 2.49. The maximum atomic E-state index is 13.5. The quantitative estimate of drug-likeness (QED) is 0.855. The average Bonchev–Trinajstić information content (AvgIpc) is 2.42. The van der Waals surface area contributed by atoms with E-state index in [2.05, 4.69) is 5.32 Å². The summed E-state index contributed by atoms with van der Waals surface area (Å²) in [6.07, 6.45) is 0.864. The van der Waals surface area contributed by atoms with E-state index in [9.17, 15) is 13.2 Å². The third-order valence-corrected chi connectivity index (χ3v) is 3.37. The van der Waals surface area contributed by atoms with Gasteiger partial charge in [0.2, 0.25) is 0 Å². The molecule has 0 aliphatic carbocycles. The normalized spacial score (nSPS) is 12.4. The van der Waals surface area contributed by atoms with E-state index >= 15 is 0 Å². The molecule has 1 atom stereocenters. The molecule has 0 aromatic heterocycles. The van der Waals surface area contributed by atoms with Gasteiger partial charge in [0.1, 0.15) is 17.5 Å². The van der Waals surface area contributed by atoms with E-state index in [1.54, 1.807) is 6.07 Å². The lowest BCUT2D eigenvalue weighted by molar-refractivity contribution is 0.554. The number of aryl methyl sites for hydroxylation is 1. The molecular weight excluding hydrogens is 275 g/mol. The molecule has 1 N–H and O–H groups in total. The number of hydrogen-bond acceptors (Lipinski definition) is 1. The standard InChI is InChI=1S/C17H18F3N/c1-3-6-21-17(12-7-14(19)9-15(20)8-12)16-10-13(18)5-4-11(16)2/h4-5,7-10,17,21H,3,6H2,1-2H3. The molecule has 0 aliphatic rings. The zero-order valence-corrected chi connectivity index (χ0v) is 12.1. The molecule has 1 nitrogen and oxygen atoms in total. The van der Waals surface area contributed by atoms with Crippen LogP contribution in [0.3, 0.4) is 0 Å². The highest BCUT2D eigenvalue weighted by atomic mass is 19.1. The minimum absolute atomic E-state index is 0.365. The third kappa shape index (κ3) is 3.85. The molecule has 1 unspecified atom stereocenters. The molecule has 21 heavy (non-hydrogen) atoms. The summed E-state index contributed by atoms with van der Waals surface area (Å²) in [5, 5.41) is 3.22. The molecule has 0 radical (unpaired) electrons. The van der Waals surface area contributed by atoms with Crippen molar-refractivity contribution in [1.29, 1.82) is 0 Å². The first kappa shape index (κ1) is 15.6. The number of hydrogen-bond donors (Lipinski definition) is 1. The molecule has 0 fully saturated rings. The lowest BCUT2D eigenvalue weighted by atomic mass is 9.94. The van der Waals surface area contributed by atoms with Gasteiger partial charge in [-0.2, -0.15) is 0 Å². The van der Waals surface area contributed by atoms with Gasteiger partial charge in [0.05, 0.1) is 6.04 Å². The molecule has 0 heterocycles. The van der Waals surface area contributed by atoms with Crippen molar-refractivity contribution >= 4 is 0 Å². The molecule has 2 aromatic carbocycles. The van der Waals surface area contributed by atoms with E-state index in [1.807, 2.05) is 13.8 Å². The topological polar surface area (TPSA) is 12.0 Å². The molecule has 0 bridgehead atoms. The largest absolute Gasteiger partial charge is 0.306 e. The zero-order chi connectivity index (χ0) is 15.4. The van der Waals surface area contributed by atoms with Crippen molar-refractivity contribution in [2.24, 2.45) is 0 Å². The van der Waals surface area contributed by atoms with Crippen LogP contribution in [0.5, 0.6) is 0 Å². The predicted octanol–water partition coefficient (Wildman–Crippen LogP) is 4.50. The van der Waals surface area contributed by atoms with Crippen molar-refractivity contribution in [3.05, 3.63) is 70.5 Å². The lowest BCUT2D eigenvalue weighted by Crippen LogP contribution is -2.24. The Hall–Kier alpha value is -1.81. The highest BCUT2D eigenvalue weighted by Gasteiger charge is 2.18. The van der Waals surface area contributed by atoms with E-state index in [-0.39, 0.29) is 5.82 Å². The van der Waals surface area contributed by atoms with Crippen LogP contribution >= 0.6 is 0 Å². The average molecular weight is 293 g/mol. The molecule has 112 valence electrons. The summed E-state index contributed by atoms with van der Waals surface area (Å²) in [6.45, 7) is 4.51. The van der Waals surface area contributed by atoms with E-state index in [4.69, 9.17) is 0 Å². The van der Waals surface area contributed by atoms with Crippen LogP contribution < -0.4 is 5.32 Å². The number of halogens is 3. The smallest absolute Gasteiger partial charge is 0.126 e. The van der Waals surface area contributed by atoms with Crippen LogP contribution in [0.1, 0.15) is 36.1 Å². The molecule has 0 aliphatic heterocycles. The molecular formula is C17H18F3N. The van der Waals surface area contributed by atoms with Crippen molar-refractivity contribution in [2.45, 2.75) is 26.3 Å². The van der Waals surface area contributed by atoms with Gasteiger partial charge in [-0.1, -0.05) is 13.0 Å². The summed E-state index contributed by atoms with van der Waals surface area (Å²) < 4.78 is 40.5. The van der Waals surface area contributed by atoms with Gasteiger partial charge >= 0.3 is 0 Å². The Kier molecular flexibility index (Phi) is 5.02. The van der Waals surface area contributed by atoms with Crippen LogP contribution in [-0.4, -0.2) is 6.54 Å². The summed E-state index contributed by atoms with van der Waals surface area (Å²) in [5.74, 6) is -1.64. The fourth-order valence-corrected chi connectivity index (χ4v) is 2.36. The van der Waals surface area contributed by atoms with E-state index < -0.39 is 17.7 Å². The van der Waals surface area contributed by atoms with E-state index in [1.165, 1.54) is 24.3 Å². The van der Waals surface area contributed by atoms with Gasteiger partial charge in [0.25, 0.3) is 0 Å². The Morgan fingerprint density at radius 3 is 2.24 bits per heavy atom. The molecule has 0 spiro atoms. The van der Waals surface area contributed by atoms with Crippen molar-refractivity contribution in [3.63, 3.8) is 0 Å². The first-order chi connectivity index (χ1) is 10.0. The third-order valence-electron chi connectivity index (χ3n) is 3.37. The fourth-order valence-electron chi connectivity index (χ4n) is 2.36. The summed E-state index contributed by atoms with van der Waals surface area (Å²) >= 11 is 0. The minimum Gasteiger partial charge on any atom is -0.306 e. The van der Waals surface area contributed by atoms with Gasteiger partial charge in [-0.3, -0.25) is 0 Å². The first-order valence-corrected chi connectivity index (χ1v) is 6.96. The number of nitrogens with one attached hydrogen (secondary N) is 1. The van der Waals surface area contributed by atoms with Crippen LogP contribution in [0.15, 0.2) is 36.4 Å². The van der Waals surface area contributed by atoms with Gasteiger partial charge in [0, 0.05) is 6.07 Å². The van der Waals surface area contributed by atoms with Crippen LogP contribution in [0.25, 0.3) is 0 Å². The SMILES string of the molecule is CCCNC(c1cc(F)cc(F)c1)c1cc(F)ccc1C. The molecule has 0 saturated carbocycles. The van der Waals surface area contributed by atoms with Gasteiger partial charge in [-0.05, 0) is 60.8 Å². The maximum absolute atomic E-state index is 13.5. The van der Waals surface area contributed by atoms with Crippen LogP contribution in [0.4, 0.5) is 13.2 Å². The Morgan fingerprint density at radius 2 is 1.62 bits per heavy atom. The highest BCUT2D eigenvalue weighted by Crippen LogP contribution is 2.27. The minimum atomic E-state index is -0.637. The highest BCUT2D eigenvalue weighted by molar-refractivity contribution is 5.37.